The second-order valence-corrected chi connectivity index (χ2v) is 3.63. The van der Waals surface area contributed by atoms with E-state index in [4.69, 9.17) is 10.00 Å². The second kappa shape index (κ2) is 6.62. The lowest BCUT2D eigenvalue weighted by Gasteiger charge is -2.05. The zero-order valence-corrected chi connectivity index (χ0v) is 9.40. The van der Waals surface area contributed by atoms with Gasteiger partial charge in [-0.2, -0.15) is 5.26 Å². The van der Waals surface area contributed by atoms with Crippen molar-refractivity contribution in [2.24, 2.45) is 0 Å². The van der Waals surface area contributed by atoms with Crippen molar-refractivity contribution in [1.82, 2.24) is 0 Å². The number of carbonyl (C=O) groups is 1. The number of ether oxygens (including phenoxy) is 1. The first-order valence-corrected chi connectivity index (χ1v) is 5.30. The Hall–Kier alpha value is -1.82. The van der Waals surface area contributed by atoms with Crippen molar-refractivity contribution < 1.29 is 9.53 Å². The van der Waals surface area contributed by atoms with Gasteiger partial charge in [0.05, 0.1) is 12.7 Å². The minimum Gasteiger partial charge on any atom is -0.494 e. The van der Waals surface area contributed by atoms with Gasteiger partial charge in [-0.25, -0.2) is 0 Å². The van der Waals surface area contributed by atoms with E-state index in [2.05, 4.69) is 6.07 Å². The predicted molar refractivity (Wildman–Crippen MR) is 61.2 cm³/mol. The molecule has 0 heterocycles. The molecule has 0 aliphatic rings. The lowest BCUT2D eigenvalue weighted by molar-refractivity contribution is -0.116. The number of ketones is 1. The van der Waals surface area contributed by atoms with E-state index in [0.717, 1.165) is 17.7 Å². The summed E-state index contributed by atoms with van der Waals surface area (Å²) in [6, 6.07) is 9.55. The van der Waals surface area contributed by atoms with Crippen LogP contribution in [0.5, 0.6) is 5.75 Å². The van der Waals surface area contributed by atoms with E-state index in [1.54, 1.807) is 6.92 Å². The van der Waals surface area contributed by atoms with Crippen LogP contribution in [0.15, 0.2) is 24.3 Å². The minimum atomic E-state index is 0.155. The highest BCUT2D eigenvalue weighted by atomic mass is 16.5. The molecule has 0 saturated heterocycles. The number of benzene rings is 1. The molecule has 0 atom stereocenters. The third kappa shape index (κ3) is 4.61. The number of hydrogen-bond acceptors (Lipinski definition) is 3. The number of rotatable bonds is 6. The number of carbonyl (C=O) groups excluding carboxylic acids is 1. The lowest BCUT2D eigenvalue weighted by Crippen LogP contribution is -1.98. The molecule has 0 fully saturated rings. The van der Waals surface area contributed by atoms with Crippen LogP contribution in [0.1, 0.15) is 25.3 Å². The molecule has 3 heteroatoms. The van der Waals surface area contributed by atoms with E-state index < -0.39 is 0 Å². The molecule has 84 valence electrons. The number of unbranched alkanes of at least 4 members (excludes halogenated alkanes) is 1. The highest BCUT2D eigenvalue weighted by Crippen LogP contribution is 2.13. The van der Waals surface area contributed by atoms with Crippen LogP contribution < -0.4 is 4.74 Å². The molecule has 0 aromatic heterocycles. The summed E-state index contributed by atoms with van der Waals surface area (Å²) < 4.78 is 5.43. The van der Waals surface area contributed by atoms with Gasteiger partial charge < -0.3 is 4.74 Å². The number of nitrogens with zero attached hydrogens (tertiary/aromatic N) is 1. The molecule has 0 spiro atoms. The van der Waals surface area contributed by atoms with Gasteiger partial charge in [-0.3, -0.25) is 4.79 Å². The molecule has 0 bridgehead atoms. The van der Waals surface area contributed by atoms with Crippen LogP contribution in [-0.2, 0) is 11.2 Å². The first-order valence-electron chi connectivity index (χ1n) is 5.30. The fourth-order valence-electron chi connectivity index (χ4n) is 1.33. The van der Waals surface area contributed by atoms with Crippen molar-refractivity contribution in [2.45, 2.75) is 26.2 Å². The fourth-order valence-corrected chi connectivity index (χ4v) is 1.33. The van der Waals surface area contributed by atoms with Gasteiger partial charge in [0.15, 0.2) is 0 Å². The monoisotopic (exact) mass is 217 g/mol. The van der Waals surface area contributed by atoms with E-state index in [1.165, 1.54) is 0 Å². The Kier molecular flexibility index (Phi) is 5.07. The maximum atomic E-state index is 10.9. The standard InChI is InChI=1S/C13H15NO2/c1-11(15)10-12-4-6-13(7-5-12)16-9-3-2-8-14/h4-7H,2-3,9-10H2,1H3. The summed E-state index contributed by atoms with van der Waals surface area (Å²) in [6.45, 7) is 2.13. The second-order valence-electron chi connectivity index (χ2n) is 3.63. The molecule has 0 amide bonds. The molecule has 0 radical (unpaired) electrons. The molecule has 0 unspecified atom stereocenters. The Bertz CT molecular complexity index is 376. The molecule has 0 saturated carbocycles. The Balaban J connectivity index is 2.39. The first kappa shape index (κ1) is 12.3. The van der Waals surface area contributed by atoms with Gasteiger partial charge in [-0.05, 0) is 31.0 Å². The number of hydrogen-bond donors (Lipinski definition) is 0. The van der Waals surface area contributed by atoms with Crippen molar-refractivity contribution in [1.29, 1.82) is 5.26 Å². The predicted octanol–water partition coefficient (Wildman–Crippen LogP) is 2.50. The summed E-state index contributed by atoms with van der Waals surface area (Å²) >= 11 is 0. The fraction of sp³-hybridized carbons (Fsp3) is 0.385. The smallest absolute Gasteiger partial charge is 0.134 e. The lowest BCUT2D eigenvalue weighted by atomic mass is 10.1. The summed E-state index contributed by atoms with van der Waals surface area (Å²) in [7, 11) is 0. The van der Waals surface area contributed by atoms with E-state index in [-0.39, 0.29) is 5.78 Å². The van der Waals surface area contributed by atoms with E-state index in [0.29, 0.717) is 19.4 Å². The normalized spacial score (nSPS) is 9.50. The first-order chi connectivity index (χ1) is 7.72. The van der Waals surface area contributed by atoms with Gasteiger partial charge in [0.25, 0.3) is 0 Å². The van der Waals surface area contributed by atoms with Gasteiger partial charge in [0.2, 0.25) is 0 Å². The Morgan fingerprint density at radius 1 is 1.38 bits per heavy atom. The molecule has 3 nitrogen and oxygen atoms in total. The summed E-state index contributed by atoms with van der Waals surface area (Å²) in [4.78, 5) is 10.9. The van der Waals surface area contributed by atoms with Gasteiger partial charge in [0, 0.05) is 12.8 Å². The quantitative estimate of drug-likeness (QED) is 0.688. The Morgan fingerprint density at radius 3 is 2.62 bits per heavy atom. The Morgan fingerprint density at radius 2 is 2.06 bits per heavy atom. The van der Waals surface area contributed by atoms with E-state index >= 15 is 0 Å². The van der Waals surface area contributed by atoms with Crippen LogP contribution in [0.4, 0.5) is 0 Å². The zero-order chi connectivity index (χ0) is 11.8. The molecule has 1 aromatic carbocycles. The summed E-state index contributed by atoms with van der Waals surface area (Å²) in [5.41, 5.74) is 0.997. The van der Waals surface area contributed by atoms with Crippen LogP contribution in [-0.4, -0.2) is 12.4 Å². The molecular weight excluding hydrogens is 202 g/mol. The molecule has 0 aliphatic heterocycles. The van der Waals surface area contributed by atoms with Crippen molar-refractivity contribution in [3.8, 4) is 11.8 Å². The van der Waals surface area contributed by atoms with Crippen LogP contribution in [0.3, 0.4) is 0 Å². The average molecular weight is 217 g/mol. The molecule has 1 rings (SSSR count). The number of Topliss-reactive ketones (excluding diaryl/α,β-unsaturated/α-hetero) is 1. The average Bonchev–Trinajstić information content (AvgIpc) is 2.26. The van der Waals surface area contributed by atoms with Crippen LogP contribution >= 0.6 is 0 Å². The van der Waals surface area contributed by atoms with E-state index in [1.807, 2.05) is 24.3 Å². The maximum absolute atomic E-state index is 10.9. The molecular formula is C13H15NO2. The van der Waals surface area contributed by atoms with Gasteiger partial charge in [-0.15, -0.1) is 0 Å². The zero-order valence-electron chi connectivity index (χ0n) is 9.40. The SMILES string of the molecule is CC(=O)Cc1ccc(OCCCC#N)cc1. The third-order valence-electron chi connectivity index (χ3n) is 2.08. The van der Waals surface area contributed by atoms with Crippen LogP contribution in [0.2, 0.25) is 0 Å². The largest absolute Gasteiger partial charge is 0.494 e. The van der Waals surface area contributed by atoms with Crippen molar-refractivity contribution >= 4 is 5.78 Å². The maximum Gasteiger partial charge on any atom is 0.134 e. The summed E-state index contributed by atoms with van der Waals surface area (Å²) in [6.07, 6.45) is 1.73. The van der Waals surface area contributed by atoms with Crippen molar-refractivity contribution in [3.63, 3.8) is 0 Å². The minimum absolute atomic E-state index is 0.155. The summed E-state index contributed by atoms with van der Waals surface area (Å²) in [5.74, 6) is 0.938. The highest BCUT2D eigenvalue weighted by molar-refractivity contribution is 5.78. The molecule has 0 aliphatic carbocycles. The van der Waals surface area contributed by atoms with Crippen molar-refractivity contribution in [3.05, 3.63) is 29.8 Å². The summed E-state index contributed by atoms with van der Waals surface area (Å²) in [5, 5.41) is 8.35. The number of nitriles is 1. The highest BCUT2D eigenvalue weighted by Gasteiger charge is 1.98. The molecule has 1 aromatic rings. The van der Waals surface area contributed by atoms with Gasteiger partial charge in [0.1, 0.15) is 11.5 Å². The molecule has 16 heavy (non-hydrogen) atoms. The van der Waals surface area contributed by atoms with Crippen LogP contribution in [0, 0.1) is 11.3 Å². The molecule has 0 N–H and O–H groups in total. The van der Waals surface area contributed by atoms with Crippen molar-refractivity contribution in [2.75, 3.05) is 6.61 Å². The topological polar surface area (TPSA) is 50.1 Å². The van der Waals surface area contributed by atoms with Gasteiger partial charge >= 0.3 is 0 Å². The van der Waals surface area contributed by atoms with Crippen LogP contribution in [0.25, 0.3) is 0 Å². The third-order valence-corrected chi connectivity index (χ3v) is 2.08. The van der Waals surface area contributed by atoms with E-state index in [9.17, 15) is 4.79 Å². The Labute approximate surface area is 95.7 Å². The van der Waals surface area contributed by atoms with Gasteiger partial charge in [-0.1, -0.05) is 12.1 Å².